The third kappa shape index (κ3) is 6.09. The molecule has 0 bridgehead atoms. The molecule has 5 nitrogen and oxygen atoms in total. The van der Waals surface area contributed by atoms with Gasteiger partial charge in [-0.05, 0) is 95.7 Å². The van der Waals surface area contributed by atoms with Crippen LogP contribution < -0.4 is 0 Å². The first-order chi connectivity index (χ1) is 15.1. The third-order valence-electron chi connectivity index (χ3n) is 7.59. The van der Waals surface area contributed by atoms with Crippen molar-refractivity contribution in [2.75, 3.05) is 60.0 Å². The Bertz CT molecular complexity index is 683. The van der Waals surface area contributed by atoms with E-state index in [1.54, 1.807) is 11.1 Å². The molecule has 0 spiro atoms. The molecule has 0 radical (unpaired) electrons. The highest BCUT2D eigenvalue weighted by Gasteiger charge is 2.32. The largest absolute Gasteiger partial charge is 0.381 e. The molecular formula is C26H41N3O2. The maximum Gasteiger partial charge on any atom is 0.225 e. The molecule has 1 aromatic rings. The van der Waals surface area contributed by atoms with Crippen LogP contribution in [0.5, 0.6) is 0 Å². The fourth-order valence-electron chi connectivity index (χ4n) is 5.68. The number of carbonyl (C=O) groups is 1. The van der Waals surface area contributed by atoms with E-state index < -0.39 is 0 Å². The van der Waals surface area contributed by atoms with Crippen molar-refractivity contribution in [2.24, 2.45) is 11.8 Å². The number of ether oxygens (including phenoxy) is 1. The zero-order valence-electron chi connectivity index (χ0n) is 19.6. The molecule has 172 valence electrons. The number of hydrogen-bond acceptors (Lipinski definition) is 4. The van der Waals surface area contributed by atoms with Crippen LogP contribution in [0.25, 0.3) is 0 Å². The first kappa shape index (κ1) is 22.8. The van der Waals surface area contributed by atoms with Gasteiger partial charge in [-0.15, -0.1) is 0 Å². The second kappa shape index (κ2) is 10.9. The van der Waals surface area contributed by atoms with Crippen LogP contribution in [0.2, 0.25) is 0 Å². The number of amides is 1. The van der Waals surface area contributed by atoms with Gasteiger partial charge in [0.25, 0.3) is 0 Å². The number of rotatable bonds is 8. The summed E-state index contributed by atoms with van der Waals surface area (Å²) < 4.78 is 5.49. The summed E-state index contributed by atoms with van der Waals surface area (Å²) in [6.07, 6.45) is 7.70. The van der Waals surface area contributed by atoms with Gasteiger partial charge >= 0.3 is 0 Å². The van der Waals surface area contributed by atoms with Gasteiger partial charge in [-0.1, -0.05) is 24.3 Å². The normalized spacial score (nSPS) is 21.5. The summed E-state index contributed by atoms with van der Waals surface area (Å²) in [6, 6.07) is 9.63. The lowest BCUT2D eigenvalue weighted by Crippen LogP contribution is -2.46. The maximum absolute atomic E-state index is 13.3. The van der Waals surface area contributed by atoms with Gasteiger partial charge in [0.05, 0.1) is 0 Å². The quantitative estimate of drug-likeness (QED) is 0.639. The number of likely N-dealkylation sites (tertiary alicyclic amines) is 1. The molecule has 1 amide bonds. The van der Waals surface area contributed by atoms with Gasteiger partial charge in [0.15, 0.2) is 0 Å². The van der Waals surface area contributed by atoms with Gasteiger partial charge < -0.3 is 14.5 Å². The number of carbonyl (C=O) groups excluding carboxylic acids is 1. The van der Waals surface area contributed by atoms with Crippen LogP contribution in [-0.4, -0.2) is 86.7 Å². The fourth-order valence-corrected chi connectivity index (χ4v) is 5.68. The summed E-state index contributed by atoms with van der Waals surface area (Å²) in [5, 5.41) is 0. The third-order valence-corrected chi connectivity index (χ3v) is 7.59. The molecule has 4 rings (SSSR count). The predicted molar refractivity (Wildman–Crippen MR) is 125 cm³/mol. The van der Waals surface area contributed by atoms with Crippen molar-refractivity contribution in [3.05, 3.63) is 35.4 Å². The SMILES string of the molecule is CN(C)CCCN(CC1CCN(C2Cc3ccccc3C2)CC1)C(=O)C1CCOCC1. The van der Waals surface area contributed by atoms with Gasteiger partial charge in [0.1, 0.15) is 0 Å². The summed E-state index contributed by atoms with van der Waals surface area (Å²) in [7, 11) is 4.23. The molecular weight excluding hydrogens is 386 g/mol. The lowest BCUT2D eigenvalue weighted by molar-refractivity contribution is -0.139. The van der Waals surface area contributed by atoms with E-state index in [0.717, 1.165) is 52.1 Å². The summed E-state index contributed by atoms with van der Waals surface area (Å²) in [6.45, 7) is 6.72. The first-order valence-corrected chi connectivity index (χ1v) is 12.4. The Kier molecular flexibility index (Phi) is 8.02. The molecule has 31 heavy (non-hydrogen) atoms. The van der Waals surface area contributed by atoms with Crippen LogP contribution in [0, 0.1) is 11.8 Å². The predicted octanol–water partition coefficient (Wildman–Crippen LogP) is 3.07. The van der Waals surface area contributed by atoms with Crippen molar-refractivity contribution < 1.29 is 9.53 Å². The van der Waals surface area contributed by atoms with Crippen molar-refractivity contribution >= 4 is 5.91 Å². The van der Waals surface area contributed by atoms with Crippen LogP contribution >= 0.6 is 0 Å². The van der Waals surface area contributed by atoms with Crippen LogP contribution in [0.4, 0.5) is 0 Å². The van der Waals surface area contributed by atoms with Gasteiger partial charge in [0.2, 0.25) is 5.91 Å². The molecule has 0 N–H and O–H groups in total. The first-order valence-electron chi connectivity index (χ1n) is 12.4. The molecule has 2 saturated heterocycles. The Hall–Kier alpha value is -1.43. The Morgan fingerprint density at radius 3 is 2.26 bits per heavy atom. The van der Waals surface area contributed by atoms with Crippen molar-refractivity contribution in [3.8, 4) is 0 Å². The minimum atomic E-state index is 0.171. The van der Waals surface area contributed by atoms with Crippen molar-refractivity contribution in [1.29, 1.82) is 0 Å². The van der Waals surface area contributed by atoms with Crippen molar-refractivity contribution in [2.45, 2.75) is 51.0 Å². The fraction of sp³-hybridized carbons (Fsp3) is 0.731. The van der Waals surface area contributed by atoms with E-state index in [1.165, 1.54) is 38.8 Å². The lowest BCUT2D eigenvalue weighted by Gasteiger charge is -2.38. The van der Waals surface area contributed by atoms with E-state index in [4.69, 9.17) is 4.74 Å². The second-order valence-corrected chi connectivity index (χ2v) is 10.1. The molecule has 0 saturated carbocycles. The Morgan fingerprint density at radius 1 is 1.00 bits per heavy atom. The average Bonchev–Trinajstić information content (AvgIpc) is 3.23. The van der Waals surface area contributed by atoms with E-state index in [0.29, 0.717) is 17.9 Å². The molecule has 5 heteroatoms. The highest BCUT2D eigenvalue weighted by Crippen LogP contribution is 2.29. The molecule has 2 aliphatic heterocycles. The molecule has 1 aromatic carbocycles. The van der Waals surface area contributed by atoms with Crippen LogP contribution in [-0.2, 0) is 22.4 Å². The summed E-state index contributed by atoms with van der Waals surface area (Å²) in [5.41, 5.74) is 3.09. The molecule has 0 aromatic heterocycles. The van der Waals surface area contributed by atoms with E-state index in [-0.39, 0.29) is 5.92 Å². The zero-order valence-corrected chi connectivity index (χ0v) is 19.6. The maximum atomic E-state index is 13.3. The monoisotopic (exact) mass is 427 g/mol. The molecule has 2 heterocycles. The minimum absolute atomic E-state index is 0.171. The highest BCUT2D eigenvalue weighted by molar-refractivity contribution is 5.79. The summed E-state index contributed by atoms with van der Waals surface area (Å²) in [5.74, 6) is 1.20. The lowest BCUT2D eigenvalue weighted by atomic mass is 9.93. The zero-order chi connectivity index (χ0) is 21.6. The number of piperidine rings is 1. The standard InChI is InChI=1S/C26H41N3O2/c1-27(2)12-5-13-29(26(30)22-10-16-31-17-11-22)20-21-8-14-28(15-9-21)25-18-23-6-3-4-7-24(23)19-25/h3-4,6-7,21-22,25H,5,8-20H2,1-2H3. The van der Waals surface area contributed by atoms with E-state index in [9.17, 15) is 4.79 Å². The van der Waals surface area contributed by atoms with E-state index >= 15 is 0 Å². The van der Waals surface area contributed by atoms with Gasteiger partial charge in [-0.3, -0.25) is 9.69 Å². The molecule has 0 atom stereocenters. The Labute approximate surface area is 188 Å². The summed E-state index contributed by atoms with van der Waals surface area (Å²) in [4.78, 5) is 20.4. The van der Waals surface area contributed by atoms with Gasteiger partial charge in [-0.25, -0.2) is 0 Å². The van der Waals surface area contributed by atoms with Crippen LogP contribution in [0.1, 0.15) is 43.2 Å². The second-order valence-electron chi connectivity index (χ2n) is 10.1. The van der Waals surface area contributed by atoms with E-state index in [2.05, 4.69) is 53.1 Å². The van der Waals surface area contributed by atoms with Crippen molar-refractivity contribution in [3.63, 3.8) is 0 Å². The van der Waals surface area contributed by atoms with Crippen LogP contribution in [0.3, 0.4) is 0 Å². The Morgan fingerprint density at radius 2 is 1.65 bits per heavy atom. The van der Waals surface area contributed by atoms with E-state index in [1.807, 2.05) is 0 Å². The van der Waals surface area contributed by atoms with Gasteiger partial charge in [0, 0.05) is 38.3 Å². The van der Waals surface area contributed by atoms with Crippen LogP contribution in [0.15, 0.2) is 24.3 Å². The number of benzene rings is 1. The topological polar surface area (TPSA) is 36.0 Å². The number of fused-ring (bicyclic) bond motifs is 1. The van der Waals surface area contributed by atoms with Crippen molar-refractivity contribution in [1.82, 2.24) is 14.7 Å². The molecule has 3 aliphatic rings. The molecule has 0 unspecified atom stereocenters. The smallest absolute Gasteiger partial charge is 0.225 e. The summed E-state index contributed by atoms with van der Waals surface area (Å²) >= 11 is 0. The minimum Gasteiger partial charge on any atom is -0.381 e. The molecule has 2 fully saturated rings. The van der Waals surface area contributed by atoms with Gasteiger partial charge in [-0.2, -0.15) is 0 Å². The molecule has 1 aliphatic carbocycles. The Balaban J connectivity index is 1.28. The highest BCUT2D eigenvalue weighted by atomic mass is 16.5. The number of hydrogen-bond donors (Lipinski definition) is 0. The average molecular weight is 428 g/mol. The number of nitrogens with zero attached hydrogens (tertiary/aromatic N) is 3.